The molecule has 1 heterocycles. The van der Waals surface area contributed by atoms with E-state index in [1.807, 2.05) is 6.92 Å². The van der Waals surface area contributed by atoms with Gasteiger partial charge in [-0.15, -0.1) is 0 Å². The molecule has 1 aromatic rings. The number of aromatic nitrogens is 2. The molecule has 0 aromatic carbocycles. The van der Waals surface area contributed by atoms with Gasteiger partial charge in [0.25, 0.3) is 0 Å². The number of nitrogens with one attached hydrogen (secondary N) is 1. The maximum Gasteiger partial charge on any atom is 0.233 e. The second-order valence-electron chi connectivity index (χ2n) is 6.43. The summed E-state index contributed by atoms with van der Waals surface area (Å²) in [6, 6.07) is 2.07. The van der Waals surface area contributed by atoms with Crippen molar-refractivity contribution in [3.05, 3.63) is 18.5 Å². The second kappa shape index (κ2) is 6.34. The Morgan fingerprint density at radius 1 is 1.29 bits per heavy atom. The van der Waals surface area contributed by atoms with Crippen LogP contribution in [-0.2, 0) is 4.79 Å². The minimum Gasteiger partial charge on any atom is -0.352 e. The molecule has 114 valence electrons. The normalized spacial score (nSPS) is 30.1. The minimum absolute atomic E-state index is 0.0997. The Hall–Kier alpha value is -1.10. The fraction of sp³-hybridized carbons (Fsp3) is 0.688. The van der Waals surface area contributed by atoms with Gasteiger partial charge in [0.15, 0.2) is 5.16 Å². The Bertz CT molecular complexity index is 496. The van der Waals surface area contributed by atoms with Gasteiger partial charge in [0.05, 0.1) is 5.25 Å². The van der Waals surface area contributed by atoms with Gasteiger partial charge in [-0.2, -0.15) is 0 Å². The van der Waals surface area contributed by atoms with Crippen molar-refractivity contribution < 1.29 is 4.79 Å². The third kappa shape index (κ3) is 3.39. The summed E-state index contributed by atoms with van der Waals surface area (Å²) in [5.41, 5.74) is 0. The van der Waals surface area contributed by atoms with E-state index in [4.69, 9.17) is 0 Å². The number of nitrogens with zero attached hydrogens (tertiary/aromatic N) is 2. The first-order chi connectivity index (χ1) is 10.1. The van der Waals surface area contributed by atoms with Crippen LogP contribution in [0.1, 0.15) is 39.5 Å². The molecule has 2 saturated carbocycles. The van der Waals surface area contributed by atoms with E-state index in [1.54, 1.807) is 18.5 Å². The zero-order chi connectivity index (χ0) is 14.8. The molecule has 2 aliphatic rings. The molecule has 5 atom stereocenters. The Morgan fingerprint density at radius 3 is 2.67 bits per heavy atom. The lowest BCUT2D eigenvalue weighted by Crippen LogP contribution is -2.43. The summed E-state index contributed by atoms with van der Waals surface area (Å²) in [6.07, 6.45) is 8.86. The highest BCUT2D eigenvalue weighted by atomic mass is 32.2. The van der Waals surface area contributed by atoms with Crippen LogP contribution in [0.4, 0.5) is 0 Å². The molecule has 21 heavy (non-hydrogen) atoms. The smallest absolute Gasteiger partial charge is 0.233 e. The number of fused-ring (bicyclic) bond motifs is 2. The van der Waals surface area contributed by atoms with Crippen LogP contribution in [0.2, 0.25) is 0 Å². The van der Waals surface area contributed by atoms with E-state index in [0.29, 0.717) is 11.1 Å². The fourth-order valence-electron chi connectivity index (χ4n) is 3.91. The maximum atomic E-state index is 12.3. The molecule has 0 saturated heterocycles. The number of carbonyl (C=O) groups excluding carboxylic acids is 1. The van der Waals surface area contributed by atoms with Crippen molar-refractivity contribution in [2.24, 2.45) is 17.8 Å². The average Bonchev–Trinajstić information content (AvgIpc) is 3.11. The number of hydrogen-bond donors (Lipinski definition) is 1. The second-order valence-corrected chi connectivity index (χ2v) is 7.74. The number of hydrogen-bond acceptors (Lipinski definition) is 4. The van der Waals surface area contributed by atoms with Crippen LogP contribution in [0.5, 0.6) is 0 Å². The summed E-state index contributed by atoms with van der Waals surface area (Å²) in [4.78, 5) is 20.7. The molecular formula is C16H23N3OS. The molecule has 5 heteroatoms. The first-order valence-corrected chi connectivity index (χ1v) is 8.75. The summed E-state index contributed by atoms with van der Waals surface area (Å²) < 4.78 is 0. The molecule has 0 unspecified atom stereocenters. The highest BCUT2D eigenvalue weighted by Crippen LogP contribution is 2.49. The monoisotopic (exact) mass is 305 g/mol. The molecule has 0 spiro atoms. The summed E-state index contributed by atoms with van der Waals surface area (Å²) in [7, 11) is 0. The Balaban J connectivity index is 1.51. The first-order valence-electron chi connectivity index (χ1n) is 7.87. The SMILES string of the molecule is C[C@H](Sc1ncccn1)C(=O)N[C@@H](C)[C@@H]1C[C@H]2CC[C@H]1C2. The van der Waals surface area contributed by atoms with E-state index in [-0.39, 0.29) is 17.2 Å². The third-order valence-corrected chi connectivity index (χ3v) is 5.99. The van der Waals surface area contributed by atoms with Gasteiger partial charge in [0.1, 0.15) is 0 Å². The van der Waals surface area contributed by atoms with Gasteiger partial charge in [-0.3, -0.25) is 4.79 Å². The molecule has 1 amide bonds. The summed E-state index contributed by atoms with van der Waals surface area (Å²) in [5, 5.41) is 3.71. The van der Waals surface area contributed by atoms with E-state index in [9.17, 15) is 4.79 Å². The van der Waals surface area contributed by atoms with Crippen LogP contribution in [0.25, 0.3) is 0 Å². The number of thioether (sulfide) groups is 1. The van der Waals surface area contributed by atoms with Gasteiger partial charge in [0, 0.05) is 18.4 Å². The third-order valence-electron chi connectivity index (χ3n) is 5.00. The summed E-state index contributed by atoms with van der Waals surface area (Å²) >= 11 is 1.42. The fourth-order valence-corrected chi connectivity index (χ4v) is 4.65. The van der Waals surface area contributed by atoms with Gasteiger partial charge < -0.3 is 5.32 Å². The number of carbonyl (C=O) groups is 1. The van der Waals surface area contributed by atoms with Gasteiger partial charge in [-0.25, -0.2) is 9.97 Å². The van der Waals surface area contributed by atoms with Crippen LogP contribution >= 0.6 is 11.8 Å². The summed E-state index contributed by atoms with van der Waals surface area (Å²) in [6.45, 7) is 4.09. The molecule has 3 rings (SSSR count). The zero-order valence-corrected chi connectivity index (χ0v) is 13.5. The topological polar surface area (TPSA) is 54.9 Å². The predicted octanol–water partition coefficient (Wildman–Crippen LogP) is 2.90. The van der Waals surface area contributed by atoms with Gasteiger partial charge in [-0.1, -0.05) is 18.2 Å². The van der Waals surface area contributed by atoms with Gasteiger partial charge >= 0.3 is 0 Å². The molecule has 1 aromatic heterocycles. The Labute approximate surface area is 130 Å². The lowest BCUT2D eigenvalue weighted by molar-refractivity contribution is -0.121. The Kier molecular flexibility index (Phi) is 4.48. The van der Waals surface area contributed by atoms with Crippen molar-refractivity contribution in [3.63, 3.8) is 0 Å². The molecular weight excluding hydrogens is 282 g/mol. The van der Waals surface area contributed by atoms with Crippen molar-refractivity contribution in [2.75, 3.05) is 0 Å². The highest BCUT2D eigenvalue weighted by Gasteiger charge is 2.42. The van der Waals surface area contributed by atoms with Crippen LogP contribution in [0.3, 0.4) is 0 Å². The largest absolute Gasteiger partial charge is 0.352 e. The van der Waals surface area contributed by atoms with Crippen molar-refractivity contribution in [1.29, 1.82) is 0 Å². The quantitative estimate of drug-likeness (QED) is 0.671. The predicted molar refractivity (Wildman–Crippen MR) is 83.9 cm³/mol. The van der Waals surface area contributed by atoms with E-state index in [2.05, 4.69) is 22.2 Å². The number of rotatable bonds is 5. The first kappa shape index (κ1) is 14.8. The molecule has 2 bridgehead atoms. The molecule has 2 aliphatic carbocycles. The van der Waals surface area contributed by atoms with Crippen LogP contribution in [0.15, 0.2) is 23.6 Å². The molecule has 2 fully saturated rings. The lowest BCUT2D eigenvalue weighted by atomic mass is 9.84. The minimum atomic E-state index is -0.159. The molecule has 1 N–H and O–H groups in total. The van der Waals surface area contributed by atoms with E-state index in [1.165, 1.54) is 37.4 Å². The van der Waals surface area contributed by atoms with Crippen LogP contribution in [0, 0.1) is 17.8 Å². The van der Waals surface area contributed by atoms with Gasteiger partial charge in [-0.05, 0) is 56.9 Å². The zero-order valence-electron chi connectivity index (χ0n) is 12.7. The van der Waals surface area contributed by atoms with Crippen molar-refractivity contribution in [1.82, 2.24) is 15.3 Å². The van der Waals surface area contributed by atoms with E-state index < -0.39 is 0 Å². The molecule has 0 radical (unpaired) electrons. The van der Waals surface area contributed by atoms with Crippen molar-refractivity contribution in [2.45, 2.75) is 56.0 Å². The molecule has 0 aliphatic heterocycles. The van der Waals surface area contributed by atoms with Gasteiger partial charge in [0.2, 0.25) is 5.91 Å². The highest BCUT2D eigenvalue weighted by molar-refractivity contribution is 8.00. The van der Waals surface area contributed by atoms with Crippen LogP contribution in [-0.4, -0.2) is 27.2 Å². The standard InChI is InChI=1S/C16H23N3OS/c1-10(14-9-12-4-5-13(14)8-12)19-15(20)11(2)21-16-17-6-3-7-18-16/h3,6-7,10-14H,4-5,8-9H2,1-2H3,(H,19,20)/t10-,11-,12-,13-,14-/m0/s1. The maximum absolute atomic E-state index is 12.3. The molecule has 4 nitrogen and oxygen atoms in total. The lowest BCUT2D eigenvalue weighted by Gasteiger charge is -2.29. The van der Waals surface area contributed by atoms with E-state index >= 15 is 0 Å². The summed E-state index contributed by atoms with van der Waals surface area (Å²) in [5.74, 6) is 2.54. The van der Waals surface area contributed by atoms with E-state index in [0.717, 1.165) is 11.8 Å². The number of amides is 1. The van der Waals surface area contributed by atoms with Crippen molar-refractivity contribution >= 4 is 17.7 Å². The average molecular weight is 305 g/mol. The van der Waals surface area contributed by atoms with Crippen molar-refractivity contribution in [3.8, 4) is 0 Å². The Morgan fingerprint density at radius 2 is 2.05 bits per heavy atom. The van der Waals surface area contributed by atoms with Crippen LogP contribution < -0.4 is 5.32 Å².